The second-order valence-electron chi connectivity index (χ2n) is 4.65. The number of thiocarbonyl (C=S) groups is 1. The van der Waals surface area contributed by atoms with Gasteiger partial charge in [0.15, 0.2) is 0 Å². The third-order valence-corrected chi connectivity index (χ3v) is 2.95. The van der Waals surface area contributed by atoms with Crippen molar-refractivity contribution in [2.24, 2.45) is 5.73 Å². The van der Waals surface area contributed by atoms with Gasteiger partial charge in [-0.05, 0) is 45.3 Å². The van der Waals surface area contributed by atoms with E-state index in [0.717, 1.165) is 32.4 Å². The molecule has 0 aliphatic heterocycles. The fourth-order valence-corrected chi connectivity index (χ4v) is 2.03. The third kappa shape index (κ3) is 6.39. The molecule has 0 unspecified atom stereocenters. The van der Waals surface area contributed by atoms with E-state index in [1.165, 1.54) is 11.1 Å². The smallest absolute Gasteiger partial charge is 0.0727 e. The molecule has 17 heavy (non-hydrogen) atoms. The fraction of sp³-hybridized carbons (Fsp3) is 0.500. The highest BCUT2D eigenvalue weighted by molar-refractivity contribution is 7.80. The molecule has 0 aliphatic rings. The van der Waals surface area contributed by atoms with Gasteiger partial charge >= 0.3 is 0 Å². The maximum absolute atomic E-state index is 5.47. The first-order valence-corrected chi connectivity index (χ1v) is 6.51. The number of benzene rings is 1. The van der Waals surface area contributed by atoms with Crippen molar-refractivity contribution >= 4 is 17.2 Å². The average Bonchev–Trinajstić information content (AvgIpc) is 2.24. The Kier molecular flexibility index (Phi) is 6.16. The molecule has 0 amide bonds. The minimum atomic E-state index is 0.631. The molecule has 0 heterocycles. The van der Waals surface area contributed by atoms with Crippen LogP contribution in [0.4, 0.5) is 0 Å². The van der Waals surface area contributed by atoms with Crippen molar-refractivity contribution < 1.29 is 0 Å². The Hall–Kier alpha value is -0.930. The van der Waals surface area contributed by atoms with Crippen LogP contribution in [0.1, 0.15) is 30.4 Å². The van der Waals surface area contributed by atoms with Gasteiger partial charge in [0.2, 0.25) is 0 Å². The molecule has 1 rings (SSSR count). The van der Waals surface area contributed by atoms with Gasteiger partial charge in [-0.15, -0.1) is 0 Å². The number of nitrogens with zero attached hydrogens (tertiary/aromatic N) is 1. The minimum Gasteiger partial charge on any atom is -0.393 e. The highest BCUT2D eigenvalue weighted by Gasteiger charge is 2.00. The zero-order valence-electron chi connectivity index (χ0n) is 10.8. The molecule has 94 valence electrons. The maximum atomic E-state index is 5.47. The minimum absolute atomic E-state index is 0.631. The fourth-order valence-electron chi connectivity index (χ4n) is 1.88. The van der Waals surface area contributed by atoms with Crippen LogP contribution in [0.2, 0.25) is 0 Å². The highest BCUT2D eigenvalue weighted by atomic mass is 32.1. The highest BCUT2D eigenvalue weighted by Crippen LogP contribution is 2.07. The molecule has 0 spiro atoms. The molecule has 0 radical (unpaired) electrons. The summed E-state index contributed by atoms with van der Waals surface area (Å²) < 4.78 is 0. The quantitative estimate of drug-likeness (QED) is 0.596. The molecule has 0 bridgehead atoms. The van der Waals surface area contributed by atoms with Crippen LogP contribution in [0, 0.1) is 6.92 Å². The van der Waals surface area contributed by atoms with Crippen molar-refractivity contribution in [2.75, 3.05) is 13.6 Å². The SMILES string of the molecule is Cc1cccc(CN(C)CCCCC(N)=S)c1. The van der Waals surface area contributed by atoms with E-state index in [-0.39, 0.29) is 0 Å². The van der Waals surface area contributed by atoms with Gasteiger partial charge in [0.05, 0.1) is 4.99 Å². The number of nitrogens with two attached hydrogens (primary N) is 1. The largest absolute Gasteiger partial charge is 0.393 e. The molecule has 1 aromatic carbocycles. The zero-order valence-corrected chi connectivity index (χ0v) is 11.6. The van der Waals surface area contributed by atoms with Crippen LogP contribution < -0.4 is 5.73 Å². The first kappa shape index (κ1) is 14.1. The normalized spacial score (nSPS) is 10.8. The average molecular weight is 250 g/mol. The van der Waals surface area contributed by atoms with E-state index in [1.807, 2.05) is 0 Å². The lowest BCUT2D eigenvalue weighted by Crippen LogP contribution is -2.19. The van der Waals surface area contributed by atoms with Crippen LogP contribution in [-0.4, -0.2) is 23.5 Å². The standard InChI is InChI=1S/C14H22N2S/c1-12-6-5-7-13(10-12)11-16(2)9-4-3-8-14(15)17/h5-7,10H,3-4,8-9,11H2,1-2H3,(H2,15,17). The van der Waals surface area contributed by atoms with Crippen molar-refractivity contribution in [3.8, 4) is 0 Å². The zero-order chi connectivity index (χ0) is 12.7. The number of hydrogen-bond acceptors (Lipinski definition) is 2. The Morgan fingerprint density at radius 2 is 2.12 bits per heavy atom. The van der Waals surface area contributed by atoms with Gasteiger partial charge in [0.25, 0.3) is 0 Å². The number of aryl methyl sites for hydroxylation is 1. The van der Waals surface area contributed by atoms with Crippen molar-refractivity contribution in [3.63, 3.8) is 0 Å². The Balaban J connectivity index is 2.25. The molecular weight excluding hydrogens is 228 g/mol. The molecule has 1 aromatic rings. The summed E-state index contributed by atoms with van der Waals surface area (Å²) in [7, 11) is 2.16. The van der Waals surface area contributed by atoms with Crippen molar-refractivity contribution in [2.45, 2.75) is 32.7 Å². The van der Waals surface area contributed by atoms with E-state index in [1.54, 1.807) is 0 Å². The summed E-state index contributed by atoms with van der Waals surface area (Å²) >= 11 is 4.86. The molecule has 0 atom stereocenters. The monoisotopic (exact) mass is 250 g/mol. The van der Waals surface area contributed by atoms with Crippen LogP contribution in [0.5, 0.6) is 0 Å². The van der Waals surface area contributed by atoms with Gasteiger partial charge in [0, 0.05) is 6.54 Å². The lowest BCUT2D eigenvalue weighted by atomic mass is 10.1. The van der Waals surface area contributed by atoms with E-state index >= 15 is 0 Å². The summed E-state index contributed by atoms with van der Waals surface area (Å²) in [5.74, 6) is 0. The Bertz CT molecular complexity index is 363. The molecule has 3 heteroatoms. The number of rotatable bonds is 7. The lowest BCUT2D eigenvalue weighted by molar-refractivity contribution is 0.319. The van der Waals surface area contributed by atoms with Gasteiger partial charge in [-0.3, -0.25) is 0 Å². The van der Waals surface area contributed by atoms with Crippen molar-refractivity contribution in [3.05, 3.63) is 35.4 Å². The Labute approximate surface area is 110 Å². The van der Waals surface area contributed by atoms with Crippen LogP contribution >= 0.6 is 12.2 Å². The van der Waals surface area contributed by atoms with Gasteiger partial charge < -0.3 is 10.6 Å². The summed E-state index contributed by atoms with van der Waals surface area (Å²) in [5.41, 5.74) is 8.17. The van der Waals surface area contributed by atoms with Gasteiger partial charge in [-0.1, -0.05) is 42.0 Å². The summed E-state index contributed by atoms with van der Waals surface area (Å²) in [6, 6.07) is 8.67. The van der Waals surface area contributed by atoms with E-state index in [9.17, 15) is 0 Å². The van der Waals surface area contributed by atoms with Gasteiger partial charge in [-0.2, -0.15) is 0 Å². The van der Waals surface area contributed by atoms with Crippen molar-refractivity contribution in [1.82, 2.24) is 4.90 Å². The second kappa shape index (κ2) is 7.41. The Morgan fingerprint density at radius 3 is 2.76 bits per heavy atom. The van der Waals surface area contributed by atoms with Crippen LogP contribution in [0.25, 0.3) is 0 Å². The topological polar surface area (TPSA) is 29.3 Å². The lowest BCUT2D eigenvalue weighted by Gasteiger charge is -2.16. The summed E-state index contributed by atoms with van der Waals surface area (Å²) in [6.07, 6.45) is 3.11. The molecule has 2 N–H and O–H groups in total. The van der Waals surface area contributed by atoms with E-state index in [2.05, 4.69) is 43.1 Å². The van der Waals surface area contributed by atoms with E-state index in [0.29, 0.717) is 4.99 Å². The number of unbranched alkanes of at least 4 members (excludes halogenated alkanes) is 1. The second-order valence-corrected chi connectivity index (χ2v) is 5.17. The Morgan fingerprint density at radius 1 is 1.35 bits per heavy atom. The first-order valence-electron chi connectivity index (χ1n) is 6.10. The van der Waals surface area contributed by atoms with E-state index in [4.69, 9.17) is 18.0 Å². The van der Waals surface area contributed by atoms with Gasteiger partial charge in [0.1, 0.15) is 0 Å². The third-order valence-electron chi connectivity index (χ3n) is 2.75. The predicted molar refractivity (Wildman–Crippen MR) is 78.1 cm³/mol. The summed E-state index contributed by atoms with van der Waals surface area (Å²) in [4.78, 5) is 2.97. The van der Waals surface area contributed by atoms with Crippen LogP contribution in [-0.2, 0) is 6.54 Å². The maximum Gasteiger partial charge on any atom is 0.0727 e. The van der Waals surface area contributed by atoms with Crippen molar-refractivity contribution in [1.29, 1.82) is 0 Å². The molecule has 0 aliphatic carbocycles. The summed E-state index contributed by atoms with van der Waals surface area (Å²) in [6.45, 7) is 4.23. The first-order chi connectivity index (χ1) is 8.08. The number of hydrogen-bond donors (Lipinski definition) is 1. The van der Waals surface area contributed by atoms with Gasteiger partial charge in [-0.25, -0.2) is 0 Å². The molecular formula is C14H22N2S. The molecule has 2 nitrogen and oxygen atoms in total. The molecule has 0 saturated heterocycles. The van der Waals surface area contributed by atoms with Crippen LogP contribution in [0.15, 0.2) is 24.3 Å². The molecule has 0 aromatic heterocycles. The summed E-state index contributed by atoms with van der Waals surface area (Å²) in [5, 5.41) is 0. The van der Waals surface area contributed by atoms with Crippen LogP contribution in [0.3, 0.4) is 0 Å². The predicted octanol–water partition coefficient (Wildman–Crippen LogP) is 2.88. The molecule has 0 fully saturated rings. The van der Waals surface area contributed by atoms with E-state index < -0.39 is 0 Å². The molecule has 0 saturated carbocycles.